The summed E-state index contributed by atoms with van der Waals surface area (Å²) in [6, 6.07) is 16.9. The summed E-state index contributed by atoms with van der Waals surface area (Å²) in [4.78, 5) is 26.1. The number of fused-ring (bicyclic) bond motifs is 3. The van der Waals surface area contributed by atoms with Crippen molar-refractivity contribution < 1.29 is 4.79 Å². The van der Waals surface area contributed by atoms with Crippen molar-refractivity contribution in [2.75, 3.05) is 6.54 Å². The van der Waals surface area contributed by atoms with Gasteiger partial charge in [0.1, 0.15) is 0 Å². The van der Waals surface area contributed by atoms with Crippen LogP contribution in [0.25, 0.3) is 22.4 Å². The molecular formula is C25H27N5O2S. The van der Waals surface area contributed by atoms with Crippen LogP contribution in [0, 0.1) is 5.92 Å². The molecule has 8 heteroatoms. The van der Waals surface area contributed by atoms with Crippen molar-refractivity contribution in [2.24, 2.45) is 5.92 Å². The standard InChI is InChI=1S/C25H27N5O2S/c1-17(22(31)26-16-18-10-4-2-5-11-18)33-25-28-27-24-29(19-12-6-3-7-13-19)23(32)20-14-8-9-15-21(20)30(24)25/h3,6-9,12-15,17-18H,2,4-5,10-11,16H2,1H3,(H,26,31). The van der Waals surface area contributed by atoms with Crippen LogP contribution in [0.5, 0.6) is 0 Å². The molecule has 5 rings (SSSR count). The average Bonchev–Trinajstić information content (AvgIpc) is 3.27. The van der Waals surface area contributed by atoms with Gasteiger partial charge in [-0.2, -0.15) is 0 Å². The van der Waals surface area contributed by atoms with E-state index in [0.717, 1.165) is 17.7 Å². The van der Waals surface area contributed by atoms with Crippen molar-refractivity contribution in [2.45, 2.75) is 49.4 Å². The zero-order valence-electron chi connectivity index (χ0n) is 18.6. The van der Waals surface area contributed by atoms with Gasteiger partial charge in [-0.3, -0.25) is 14.0 Å². The van der Waals surface area contributed by atoms with E-state index >= 15 is 0 Å². The molecule has 1 N–H and O–H groups in total. The third kappa shape index (κ3) is 4.27. The second-order valence-corrected chi connectivity index (χ2v) is 9.93. The van der Waals surface area contributed by atoms with E-state index in [1.54, 1.807) is 4.57 Å². The summed E-state index contributed by atoms with van der Waals surface area (Å²) in [5, 5.41) is 12.7. The van der Waals surface area contributed by atoms with Crippen LogP contribution < -0.4 is 10.9 Å². The second-order valence-electron chi connectivity index (χ2n) is 8.62. The molecule has 1 atom stereocenters. The monoisotopic (exact) mass is 461 g/mol. The van der Waals surface area contributed by atoms with Crippen LogP contribution in [0.4, 0.5) is 0 Å². The Bertz CT molecular complexity index is 1340. The van der Waals surface area contributed by atoms with E-state index in [1.807, 2.05) is 65.9 Å². The largest absolute Gasteiger partial charge is 0.355 e. The summed E-state index contributed by atoms with van der Waals surface area (Å²) in [5.74, 6) is 1.02. The molecule has 33 heavy (non-hydrogen) atoms. The fourth-order valence-corrected chi connectivity index (χ4v) is 5.44. The van der Waals surface area contributed by atoms with Crippen LogP contribution in [0.1, 0.15) is 39.0 Å². The molecule has 1 aliphatic rings. The lowest BCUT2D eigenvalue weighted by molar-refractivity contribution is -0.120. The molecule has 1 saturated carbocycles. The number of rotatable bonds is 6. The lowest BCUT2D eigenvalue weighted by atomic mass is 9.89. The van der Waals surface area contributed by atoms with Crippen LogP contribution >= 0.6 is 11.8 Å². The Hall–Kier alpha value is -3.13. The van der Waals surface area contributed by atoms with E-state index in [9.17, 15) is 9.59 Å². The minimum atomic E-state index is -0.336. The molecule has 0 saturated heterocycles. The van der Waals surface area contributed by atoms with Gasteiger partial charge in [0, 0.05) is 6.54 Å². The van der Waals surface area contributed by atoms with Gasteiger partial charge in [0.2, 0.25) is 11.7 Å². The van der Waals surface area contributed by atoms with Crippen LogP contribution in [-0.2, 0) is 4.79 Å². The van der Waals surface area contributed by atoms with Gasteiger partial charge in [-0.25, -0.2) is 4.57 Å². The summed E-state index contributed by atoms with van der Waals surface area (Å²) in [6.07, 6.45) is 6.21. The highest BCUT2D eigenvalue weighted by molar-refractivity contribution is 8.00. The fraction of sp³-hybridized carbons (Fsp3) is 0.360. The molecule has 0 spiro atoms. The van der Waals surface area contributed by atoms with Crippen molar-refractivity contribution in [1.29, 1.82) is 0 Å². The third-order valence-electron chi connectivity index (χ3n) is 6.35. The van der Waals surface area contributed by atoms with Gasteiger partial charge >= 0.3 is 0 Å². The number of hydrogen-bond donors (Lipinski definition) is 1. The van der Waals surface area contributed by atoms with Gasteiger partial charge in [0.15, 0.2) is 5.16 Å². The van der Waals surface area contributed by atoms with E-state index < -0.39 is 0 Å². The van der Waals surface area contributed by atoms with Crippen LogP contribution in [0.2, 0.25) is 0 Å². The first-order valence-electron chi connectivity index (χ1n) is 11.5. The first-order valence-corrected chi connectivity index (χ1v) is 12.4. The SMILES string of the molecule is CC(Sc1nnc2n(-c3ccccc3)c(=O)c3ccccc3n12)C(=O)NCC1CCCCC1. The predicted octanol–water partition coefficient (Wildman–Crippen LogP) is 4.21. The highest BCUT2D eigenvalue weighted by atomic mass is 32.2. The molecule has 2 aromatic carbocycles. The molecule has 1 aliphatic carbocycles. The van der Waals surface area contributed by atoms with E-state index in [4.69, 9.17) is 0 Å². The Balaban J connectivity index is 1.49. The molecule has 1 fully saturated rings. The van der Waals surface area contributed by atoms with Crippen molar-refractivity contribution >= 4 is 34.3 Å². The second kappa shape index (κ2) is 9.39. The van der Waals surface area contributed by atoms with Crippen LogP contribution in [0.15, 0.2) is 64.5 Å². The van der Waals surface area contributed by atoms with Crippen molar-refractivity contribution in [3.05, 3.63) is 65.0 Å². The van der Waals surface area contributed by atoms with E-state index in [0.29, 0.717) is 22.2 Å². The molecule has 1 unspecified atom stereocenters. The Kier molecular flexibility index (Phi) is 6.17. The third-order valence-corrected chi connectivity index (χ3v) is 7.39. The predicted molar refractivity (Wildman–Crippen MR) is 131 cm³/mol. The topological polar surface area (TPSA) is 81.3 Å². The summed E-state index contributed by atoms with van der Waals surface area (Å²) in [7, 11) is 0. The van der Waals surface area contributed by atoms with Crippen LogP contribution in [-0.4, -0.2) is 36.9 Å². The Morgan fingerprint density at radius 3 is 2.58 bits per heavy atom. The van der Waals surface area contributed by atoms with Gasteiger partial charge in [-0.05, 0) is 49.9 Å². The van der Waals surface area contributed by atoms with E-state index in [-0.39, 0.29) is 16.7 Å². The molecule has 2 heterocycles. The van der Waals surface area contributed by atoms with E-state index in [2.05, 4.69) is 15.5 Å². The van der Waals surface area contributed by atoms with Gasteiger partial charge in [-0.15, -0.1) is 10.2 Å². The van der Waals surface area contributed by atoms with Crippen molar-refractivity contribution in [3.63, 3.8) is 0 Å². The number of benzene rings is 2. The zero-order valence-corrected chi connectivity index (χ0v) is 19.4. The first kappa shape index (κ1) is 21.7. The summed E-state index contributed by atoms with van der Waals surface area (Å²) >= 11 is 1.36. The molecule has 0 aliphatic heterocycles. The van der Waals surface area contributed by atoms with Gasteiger partial charge in [0.25, 0.3) is 5.56 Å². The average molecular weight is 462 g/mol. The number of nitrogens with zero attached hydrogens (tertiary/aromatic N) is 4. The molecular weight excluding hydrogens is 434 g/mol. The quantitative estimate of drug-likeness (QED) is 0.435. The summed E-state index contributed by atoms with van der Waals surface area (Å²) in [5.41, 5.74) is 1.30. The van der Waals surface area contributed by atoms with Crippen LogP contribution in [0.3, 0.4) is 0 Å². The number of nitrogens with one attached hydrogen (secondary N) is 1. The highest BCUT2D eigenvalue weighted by Crippen LogP contribution is 2.27. The maximum Gasteiger partial charge on any atom is 0.267 e. The fourth-order valence-electron chi connectivity index (χ4n) is 4.56. The van der Waals surface area contributed by atoms with Gasteiger partial charge in [-0.1, -0.05) is 61.4 Å². The maximum absolute atomic E-state index is 13.3. The first-order chi connectivity index (χ1) is 16.1. The minimum Gasteiger partial charge on any atom is -0.355 e. The Labute approximate surface area is 196 Å². The zero-order chi connectivity index (χ0) is 22.8. The number of carbonyl (C=O) groups excluding carboxylic acids is 1. The molecule has 0 bridgehead atoms. The highest BCUT2D eigenvalue weighted by Gasteiger charge is 2.23. The minimum absolute atomic E-state index is 0.00279. The number of thioether (sulfide) groups is 1. The molecule has 4 aromatic rings. The van der Waals surface area contributed by atoms with Crippen molar-refractivity contribution in [1.82, 2.24) is 24.5 Å². The molecule has 1 amide bonds. The number of amides is 1. The lowest BCUT2D eigenvalue weighted by Crippen LogP contribution is -2.35. The molecule has 0 radical (unpaired) electrons. The Morgan fingerprint density at radius 1 is 1.06 bits per heavy atom. The number of aromatic nitrogens is 4. The number of para-hydroxylation sites is 2. The summed E-state index contributed by atoms with van der Waals surface area (Å²) in [6.45, 7) is 2.62. The van der Waals surface area contributed by atoms with Gasteiger partial charge < -0.3 is 5.32 Å². The summed E-state index contributed by atoms with van der Waals surface area (Å²) < 4.78 is 3.45. The lowest BCUT2D eigenvalue weighted by Gasteiger charge is -2.22. The van der Waals surface area contributed by atoms with Gasteiger partial charge in [0.05, 0.1) is 21.8 Å². The molecule has 170 valence electrons. The van der Waals surface area contributed by atoms with E-state index in [1.165, 1.54) is 43.9 Å². The maximum atomic E-state index is 13.3. The Morgan fingerprint density at radius 2 is 1.79 bits per heavy atom. The molecule has 7 nitrogen and oxygen atoms in total. The molecule has 2 aromatic heterocycles. The normalized spacial score (nSPS) is 15.7. The smallest absolute Gasteiger partial charge is 0.267 e. The number of hydrogen-bond acceptors (Lipinski definition) is 5. The van der Waals surface area contributed by atoms with Crippen molar-refractivity contribution in [3.8, 4) is 5.69 Å². The number of carbonyl (C=O) groups is 1.